The minimum absolute atomic E-state index is 0.186. The number of benzene rings is 2. The first kappa shape index (κ1) is 20.4. The van der Waals surface area contributed by atoms with Crippen molar-refractivity contribution >= 4 is 32.2 Å². The van der Waals surface area contributed by atoms with Crippen LogP contribution < -0.4 is 5.32 Å². The van der Waals surface area contributed by atoms with E-state index in [1.165, 1.54) is 0 Å². The maximum Gasteiger partial charge on any atom is 0.151 e. The van der Waals surface area contributed by atoms with E-state index in [0.29, 0.717) is 18.1 Å². The third-order valence-electron chi connectivity index (χ3n) is 6.18. The van der Waals surface area contributed by atoms with E-state index < -0.39 is 9.84 Å². The van der Waals surface area contributed by atoms with Crippen LogP contribution in [0.1, 0.15) is 12.2 Å². The fourth-order valence-corrected chi connectivity index (χ4v) is 6.26. The molecule has 1 N–H and O–H groups in total. The molecule has 1 aromatic heterocycles. The normalized spacial score (nSPS) is 22.0. The first-order valence-corrected chi connectivity index (χ1v) is 12.6. The first-order chi connectivity index (χ1) is 15.1. The van der Waals surface area contributed by atoms with E-state index >= 15 is 0 Å². The summed E-state index contributed by atoms with van der Waals surface area (Å²) in [6, 6.07) is 18.3. The van der Waals surface area contributed by atoms with E-state index in [1.54, 1.807) is 0 Å². The Morgan fingerprint density at radius 1 is 0.935 bits per heavy atom. The molecule has 0 aliphatic carbocycles. The molecule has 2 fully saturated rings. The molecular formula is C23H27N5O2S. The molecule has 0 saturated carbocycles. The lowest BCUT2D eigenvalue weighted by atomic mass is 10.2. The Hall–Kier alpha value is -2.55. The third kappa shape index (κ3) is 4.71. The van der Waals surface area contributed by atoms with Crippen molar-refractivity contribution in [1.82, 2.24) is 19.8 Å². The molecule has 2 aliphatic heterocycles. The number of nitrogens with one attached hydrogen (secondary N) is 1. The molecule has 1 atom stereocenters. The molecule has 3 heterocycles. The third-order valence-corrected chi connectivity index (χ3v) is 7.93. The summed E-state index contributed by atoms with van der Waals surface area (Å²) in [6.07, 6.45) is 0.768. The van der Waals surface area contributed by atoms with Crippen molar-refractivity contribution < 1.29 is 8.42 Å². The SMILES string of the molecule is O=S1(=O)CCC(N2CCN(Cc3nc(Nc4ccccc4)c4ccccc4n3)CC2)C1. The molecule has 162 valence electrons. The van der Waals surface area contributed by atoms with E-state index in [-0.39, 0.29) is 6.04 Å². The predicted octanol–water partition coefficient (Wildman–Crippen LogP) is 2.68. The number of nitrogens with zero attached hydrogens (tertiary/aromatic N) is 4. The molecule has 0 spiro atoms. The Bertz CT molecular complexity index is 1160. The maximum atomic E-state index is 11.8. The van der Waals surface area contributed by atoms with Gasteiger partial charge in [-0.15, -0.1) is 0 Å². The summed E-state index contributed by atoms with van der Waals surface area (Å²) in [6.45, 7) is 4.26. The minimum Gasteiger partial charge on any atom is -0.340 e. The molecule has 8 heteroatoms. The van der Waals surface area contributed by atoms with Gasteiger partial charge in [0.1, 0.15) is 11.6 Å². The van der Waals surface area contributed by atoms with Crippen molar-refractivity contribution in [2.75, 3.05) is 43.0 Å². The largest absolute Gasteiger partial charge is 0.340 e. The van der Waals surface area contributed by atoms with Crippen molar-refractivity contribution in [3.05, 3.63) is 60.4 Å². The minimum atomic E-state index is -2.84. The molecule has 2 aromatic carbocycles. The maximum absolute atomic E-state index is 11.8. The second-order valence-corrected chi connectivity index (χ2v) is 10.6. The Balaban J connectivity index is 1.30. The van der Waals surface area contributed by atoms with Crippen molar-refractivity contribution in [3.63, 3.8) is 0 Å². The zero-order valence-electron chi connectivity index (χ0n) is 17.4. The van der Waals surface area contributed by atoms with Gasteiger partial charge in [-0.1, -0.05) is 30.3 Å². The molecule has 5 rings (SSSR count). The Labute approximate surface area is 183 Å². The summed E-state index contributed by atoms with van der Waals surface area (Å²) in [5.74, 6) is 2.27. The molecular weight excluding hydrogens is 410 g/mol. The van der Waals surface area contributed by atoms with Gasteiger partial charge in [0.25, 0.3) is 0 Å². The number of hydrogen-bond acceptors (Lipinski definition) is 7. The highest BCUT2D eigenvalue weighted by atomic mass is 32.2. The fourth-order valence-electron chi connectivity index (χ4n) is 4.50. The lowest BCUT2D eigenvalue weighted by Gasteiger charge is -2.37. The highest BCUT2D eigenvalue weighted by molar-refractivity contribution is 7.91. The summed E-state index contributed by atoms with van der Waals surface area (Å²) in [7, 11) is -2.84. The van der Waals surface area contributed by atoms with Crippen LogP contribution in [0.15, 0.2) is 54.6 Å². The van der Waals surface area contributed by atoms with Crippen LogP contribution >= 0.6 is 0 Å². The lowest BCUT2D eigenvalue weighted by Crippen LogP contribution is -2.50. The first-order valence-electron chi connectivity index (χ1n) is 10.8. The summed E-state index contributed by atoms with van der Waals surface area (Å²) < 4.78 is 23.6. The standard InChI is InChI=1S/C23H27N5O2S/c29-31(30)15-10-19(17-31)28-13-11-27(12-14-28)16-22-25-21-9-5-4-8-20(21)23(26-22)24-18-6-2-1-3-7-18/h1-9,19H,10-17H2,(H,24,25,26). The van der Waals surface area contributed by atoms with Crippen LogP contribution in [0.25, 0.3) is 10.9 Å². The van der Waals surface area contributed by atoms with E-state index in [4.69, 9.17) is 9.97 Å². The fraction of sp³-hybridized carbons (Fsp3) is 0.391. The van der Waals surface area contributed by atoms with Crippen molar-refractivity contribution in [2.45, 2.75) is 19.0 Å². The molecule has 0 radical (unpaired) electrons. The van der Waals surface area contributed by atoms with Crippen molar-refractivity contribution in [1.29, 1.82) is 0 Å². The van der Waals surface area contributed by atoms with Gasteiger partial charge in [0.15, 0.2) is 9.84 Å². The van der Waals surface area contributed by atoms with Crippen LogP contribution in [-0.2, 0) is 16.4 Å². The van der Waals surface area contributed by atoms with Gasteiger partial charge in [-0.2, -0.15) is 0 Å². The van der Waals surface area contributed by atoms with Crippen LogP contribution in [0.2, 0.25) is 0 Å². The molecule has 1 unspecified atom stereocenters. The topological polar surface area (TPSA) is 78.4 Å². The number of aromatic nitrogens is 2. The van der Waals surface area contributed by atoms with E-state index in [0.717, 1.165) is 60.8 Å². The number of anilines is 2. The molecule has 2 aliphatic rings. The summed E-state index contributed by atoms with van der Waals surface area (Å²) in [5, 5.41) is 4.44. The number of hydrogen-bond donors (Lipinski definition) is 1. The van der Waals surface area contributed by atoms with Crippen LogP contribution in [0.5, 0.6) is 0 Å². The highest BCUT2D eigenvalue weighted by Crippen LogP contribution is 2.25. The van der Waals surface area contributed by atoms with Gasteiger partial charge in [-0.3, -0.25) is 9.80 Å². The van der Waals surface area contributed by atoms with Gasteiger partial charge >= 0.3 is 0 Å². The Morgan fingerprint density at radius 2 is 1.68 bits per heavy atom. The van der Waals surface area contributed by atoms with Gasteiger partial charge in [-0.25, -0.2) is 18.4 Å². The molecule has 0 amide bonds. The summed E-state index contributed by atoms with van der Waals surface area (Å²) in [5.41, 5.74) is 1.93. The van der Waals surface area contributed by atoms with Gasteiger partial charge in [-0.05, 0) is 30.7 Å². The number of piperazine rings is 1. The van der Waals surface area contributed by atoms with Crippen molar-refractivity contribution in [2.24, 2.45) is 0 Å². The molecule has 3 aromatic rings. The summed E-state index contributed by atoms with van der Waals surface area (Å²) in [4.78, 5) is 14.3. The van der Waals surface area contributed by atoms with Crippen LogP contribution in [0.4, 0.5) is 11.5 Å². The quantitative estimate of drug-likeness (QED) is 0.657. The number of sulfone groups is 1. The lowest BCUT2D eigenvalue weighted by molar-refractivity contribution is 0.0985. The zero-order chi connectivity index (χ0) is 21.3. The number of fused-ring (bicyclic) bond motifs is 1. The van der Waals surface area contributed by atoms with E-state index in [9.17, 15) is 8.42 Å². The van der Waals surface area contributed by atoms with Crippen LogP contribution in [0, 0.1) is 0 Å². The second-order valence-electron chi connectivity index (χ2n) is 8.37. The van der Waals surface area contributed by atoms with Crippen LogP contribution in [-0.4, -0.2) is 71.9 Å². The monoisotopic (exact) mass is 437 g/mol. The number of rotatable bonds is 5. The second kappa shape index (κ2) is 8.53. The molecule has 0 bridgehead atoms. The molecule has 31 heavy (non-hydrogen) atoms. The zero-order valence-corrected chi connectivity index (χ0v) is 18.3. The average Bonchev–Trinajstić information content (AvgIpc) is 3.15. The van der Waals surface area contributed by atoms with Gasteiger partial charge < -0.3 is 5.32 Å². The smallest absolute Gasteiger partial charge is 0.151 e. The Morgan fingerprint density at radius 3 is 2.42 bits per heavy atom. The van der Waals surface area contributed by atoms with E-state index in [1.807, 2.05) is 54.6 Å². The summed E-state index contributed by atoms with van der Waals surface area (Å²) >= 11 is 0. The average molecular weight is 438 g/mol. The van der Waals surface area contributed by atoms with Gasteiger partial charge in [0.2, 0.25) is 0 Å². The molecule has 2 saturated heterocycles. The highest BCUT2D eigenvalue weighted by Gasteiger charge is 2.33. The van der Waals surface area contributed by atoms with E-state index in [2.05, 4.69) is 15.1 Å². The van der Waals surface area contributed by atoms with Gasteiger partial charge in [0, 0.05) is 43.3 Å². The van der Waals surface area contributed by atoms with Crippen LogP contribution in [0.3, 0.4) is 0 Å². The van der Waals surface area contributed by atoms with Crippen molar-refractivity contribution in [3.8, 4) is 0 Å². The predicted molar refractivity (Wildman–Crippen MR) is 123 cm³/mol. The molecule has 7 nitrogen and oxygen atoms in total. The Kier molecular flexibility index (Phi) is 5.60. The number of para-hydroxylation sites is 2. The van der Waals surface area contributed by atoms with Gasteiger partial charge in [0.05, 0.1) is 23.6 Å².